The summed E-state index contributed by atoms with van der Waals surface area (Å²) in [5, 5.41) is 9.17. The standard InChI is InChI=1S/C10H7F2NO2/c1-4-5-2-6(11)7(12)3-8(5)13-9(4)10(14)15/h2-3,13H,1H3,(H,14,15). The molecule has 0 radical (unpaired) electrons. The molecular formula is C10H7F2NO2. The van der Waals surface area contributed by atoms with Crippen LogP contribution in [0.1, 0.15) is 16.1 Å². The second-order valence-electron chi connectivity index (χ2n) is 3.24. The molecule has 0 aliphatic rings. The molecule has 0 aliphatic heterocycles. The summed E-state index contributed by atoms with van der Waals surface area (Å²) >= 11 is 0. The molecular weight excluding hydrogens is 204 g/mol. The lowest BCUT2D eigenvalue weighted by Crippen LogP contribution is -1.97. The van der Waals surface area contributed by atoms with Crippen LogP contribution in [0.25, 0.3) is 10.9 Å². The SMILES string of the molecule is Cc1c(C(=O)O)[nH]c2cc(F)c(F)cc12. The fourth-order valence-electron chi connectivity index (χ4n) is 1.54. The second-order valence-corrected chi connectivity index (χ2v) is 3.24. The number of aromatic nitrogens is 1. The van der Waals surface area contributed by atoms with Crippen LogP contribution in [-0.4, -0.2) is 16.1 Å². The third-order valence-electron chi connectivity index (χ3n) is 2.31. The molecule has 2 rings (SSSR count). The van der Waals surface area contributed by atoms with Gasteiger partial charge in [0.1, 0.15) is 5.69 Å². The van der Waals surface area contributed by atoms with Crippen molar-refractivity contribution in [2.45, 2.75) is 6.92 Å². The topological polar surface area (TPSA) is 53.1 Å². The molecule has 1 aromatic heterocycles. The van der Waals surface area contributed by atoms with E-state index in [-0.39, 0.29) is 11.2 Å². The van der Waals surface area contributed by atoms with Crippen molar-refractivity contribution in [2.24, 2.45) is 0 Å². The van der Waals surface area contributed by atoms with E-state index in [1.54, 1.807) is 6.92 Å². The van der Waals surface area contributed by atoms with E-state index in [0.29, 0.717) is 10.9 Å². The lowest BCUT2D eigenvalue weighted by molar-refractivity contribution is 0.0691. The molecule has 0 saturated carbocycles. The first-order valence-corrected chi connectivity index (χ1v) is 4.21. The fourth-order valence-corrected chi connectivity index (χ4v) is 1.54. The van der Waals surface area contributed by atoms with E-state index in [0.717, 1.165) is 12.1 Å². The minimum Gasteiger partial charge on any atom is -0.477 e. The van der Waals surface area contributed by atoms with Crippen LogP contribution in [0.4, 0.5) is 8.78 Å². The van der Waals surface area contributed by atoms with Gasteiger partial charge in [-0.2, -0.15) is 0 Å². The monoisotopic (exact) mass is 211 g/mol. The average molecular weight is 211 g/mol. The summed E-state index contributed by atoms with van der Waals surface area (Å²) in [6.07, 6.45) is 0. The van der Waals surface area contributed by atoms with Crippen molar-refractivity contribution in [1.82, 2.24) is 4.98 Å². The second kappa shape index (κ2) is 3.05. The van der Waals surface area contributed by atoms with Crippen LogP contribution < -0.4 is 0 Å². The lowest BCUT2D eigenvalue weighted by Gasteiger charge is -1.93. The minimum absolute atomic E-state index is 0.0463. The molecule has 0 aliphatic carbocycles. The number of carboxylic acids is 1. The zero-order chi connectivity index (χ0) is 11.2. The van der Waals surface area contributed by atoms with Gasteiger partial charge in [-0.1, -0.05) is 0 Å². The number of hydrogen-bond acceptors (Lipinski definition) is 1. The van der Waals surface area contributed by atoms with E-state index >= 15 is 0 Å². The molecule has 5 heteroatoms. The number of aromatic amines is 1. The number of nitrogens with one attached hydrogen (secondary N) is 1. The van der Waals surface area contributed by atoms with Crippen molar-refractivity contribution in [3.8, 4) is 0 Å². The van der Waals surface area contributed by atoms with Crippen molar-refractivity contribution in [2.75, 3.05) is 0 Å². The maximum Gasteiger partial charge on any atom is 0.352 e. The number of benzene rings is 1. The van der Waals surface area contributed by atoms with E-state index in [4.69, 9.17) is 5.11 Å². The fraction of sp³-hybridized carbons (Fsp3) is 0.100. The Kier molecular flexibility index (Phi) is 1.96. The lowest BCUT2D eigenvalue weighted by atomic mass is 10.1. The van der Waals surface area contributed by atoms with E-state index in [1.807, 2.05) is 0 Å². The summed E-state index contributed by atoms with van der Waals surface area (Å²) in [5.41, 5.74) is 0.634. The number of carboxylic acid groups (broad SMARTS) is 1. The Balaban J connectivity index is 2.83. The van der Waals surface area contributed by atoms with Crippen molar-refractivity contribution in [3.05, 3.63) is 35.0 Å². The number of carbonyl (C=O) groups is 1. The Morgan fingerprint density at radius 3 is 2.53 bits per heavy atom. The van der Waals surface area contributed by atoms with Crippen LogP contribution in [0, 0.1) is 18.6 Å². The molecule has 0 saturated heterocycles. The molecule has 15 heavy (non-hydrogen) atoms. The van der Waals surface area contributed by atoms with Gasteiger partial charge in [-0.15, -0.1) is 0 Å². The van der Waals surface area contributed by atoms with Gasteiger partial charge in [-0.3, -0.25) is 0 Å². The maximum atomic E-state index is 12.9. The normalized spacial score (nSPS) is 10.9. The van der Waals surface area contributed by atoms with Gasteiger partial charge in [0, 0.05) is 17.0 Å². The molecule has 0 fully saturated rings. The summed E-state index contributed by atoms with van der Waals surface area (Å²) in [7, 11) is 0. The summed E-state index contributed by atoms with van der Waals surface area (Å²) < 4.78 is 25.8. The molecule has 1 heterocycles. The predicted molar refractivity (Wildman–Crippen MR) is 49.9 cm³/mol. The van der Waals surface area contributed by atoms with Crippen molar-refractivity contribution in [3.63, 3.8) is 0 Å². The molecule has 2 N–H and O–H groups in total. The number of fused-ring (bicyclic) bond motifs is 1. The largest absolute Gasteiger partial charge is 0.477 e. The van der Waals surface area contributed by atoms with Gasteiger partial charge >= 0.3 is 5.97 Å². The maximum absolute atomic E-state index is 12.9. The van der Waals surface area contributed by atoms with Crippen LogP contribution in [0.3, 0.4) is 0 Å². The molecule has 0 atom stereocenters. The molecule has 0 unspecified atom stereocenters. The van der Waals surface area contributed by atoms with Gasteiger partial charge < -0.3 is 10.1 Å². The summed E-state index contributed by atoms with van der Waals surface area (Å²) in [4.78, 5) is 13.3. The Bertz CT molecular complexity index is 560. The summed E-state index contributed by atoms with van der Waals surface area (Å²) in [6.45, 7) is 1.54. The van der Waals surface area contributed by atoms with Crippen molar-refractivity contribution < 1.29 is 18.7 Å². The highest BCUT2D eigenvalue weighted by Crippen LogP contribution is 2.24. The number of halogens is 2. The van der Waals surface area contributed by atoms with E-state index in [1.165, 1.54) is 0 Å². The van der Waals surface area contributed by atoms with Gasteiger partial charge in [-0.25, -0.2) is 13.6 Å². The number of aryl methyl sites for hydroxylation is 1. The average Bonchev–Trinajstić information content (AvgIpc) is 2.46. The Morgan fingerprint density at radius 1 is 1.33 bits per heavy atom. The Morgan fingerprint density at radius 2 is 1.93 bits per heavy atom. The third kappa shape index (κ3) is 1.36. The zero-order valence-electron chi connectivity index (χ0n) is 7.77. The summed E-state index contributed by atoms with van der Waals surface area (Å²) in [6, 6.07) is 1.94. The van der Waals surface area contributed by atoms with Crippen molar-refractivity contribution in [1.29, 1.82) is 0 Å². The van der Waals surface area contributed by atoms with Gasteiger partial charge in [-0.05, 0) is 18.6 Å². The zero-order valence-corrected chi connectivity index (χ0v) is 7.77. The highest BCUT2D eigenvalue weighted by Gasteiger charge is 2.15. The first-order valence-electron chi connectivity index (χ1n) is 4.21. The van der Waals surface area contributed by atoms with Gasteiger partial charge in [0.15, 0.2) is 11.6 Å². The van der Waals surface area contributed by atoms with Crippen LogP contribution in [0.5, 0.6) is 0 Å². The molecule has 0 bridgehead atoms. The smallest absolute Gasteiger partial charge is 0.352 e. The van der Waals surface area contributed by atoms with Crippen LogP contribution in [0.15, 0.2) is 12.1 Å². The molecule has 1 aromatic carbocycles. The van der Waals surface area contributed by atoms with Crippen LogP contribution in [-0.2, 0) is 0 Å². The third-order valence-corrected chi connectivity index (χ3v) is 2.31. The quantitative estimate of drug-likeness (QED) is 0.761. The predicted octanol–water partition coefficient (Wildman–Crippen LogP) is 2.45. The summed E-state index contributed by atoms with van der Waals surface area (Å²) in [5.74, 6) is -3.13. The number of hydrogen-bond donors (Lipinski definition) is 2. The molecule has 3 nitrogen and oxygen atoms in total. The first-order chi connectivity index (χ1) is 7.00. The number of H-pyrrole nitrogens is 1. The van der Waals surface area contributed by atoms with E-state index in [2.05, 4.69) is 4.98 Å². The van der Waals surface area contributed by atoms with Crippen molar-refractivity contribution >= 4 is 16.9 Å². The molecule has 0 spiro atoms. The Hall–Kier alpha value is -1.91. The van der Waals surface area contributed by atoms with E-state index in [9.17, 15) is 13.6 Å². The van der Waals surface area contributed by atoms with Crippen LogP contribution in [0.2, 0.25) is 0 Å². The molecule has 2 aromatic rings. The molecule has 78 valence electrons. The highest BCUT2D eigenvalue weighted by atomic mass is 19.2. The number of rotatable bonds is 1. The van der Waals surface area contributed by atoms with Gasteiger partial charge in [0.2, 0.25) is 0 Å². The molecule has 0 amide bonds. The first kappa shape index (κ1) is 9.64. The van der Waals surface area contributed by atoms with Gasteiger partial charge in [0.05, 0.1) is 0 Å². The van der Waals surface area contributed by atoms with E-state index < -0.39 is 17.6 Å². The van der Waals surface area contributed by atoms with Crippen LogP contribution >= 0.6 is 0 Å². The highest BCUT2D eigenvalue weighted by molar-refractivity contribution is 5.97. The number of aromatic carboxylic acids is 1. The minimum atomic E-state index is -1.15. The Labute approximate surface area is 83.3 Å². The van der Waals surface area contributed by atoms with Gasteiger partial charge in [0.25, 0.3) is 0 Å².